The Morgan fingerprint density at radius 2 is 2.05 bits per heavy atom. The summed E-state index contributed by atoms with van der Waals surface area (Å²) in [4.78, 5) is 4.58. The van der Waals surface area contributed by atoms with Crippen molar-refractivity contribution in [3.63, 3.8) is 0 Å². The Kier molecular flexibility index (Phi) is 4.94. The zero-order valence-corrected chi connectivity index (χ0v) is 13.8. The zero-order chi connectivity index (χ0) is 13.9. The van der Waals surface area contributed by atoms with Crippen LogP contribution in [-0.2, 0) is 6.54 Å². The summed E-state index contributed by atoms with van der Waals surface area (Å²) in [5.41, 5.74) is 0. The Morgan fingerprint density at radius 1 is 1.25 bits per heavy atom. The number of rotatable bonds is 4. The van der Waals surface area contributed by atoms with E-state index in [1.165, 1.54) is 25.7 Å². The molecule has 1 aliphatic heterocycles. The van der Waals surface area contributed by atoms with E-state index in [-0.39, 0.29) is 0 Å². The lowest BCUT2D eigenvalue weighted by atomic mass is 10.2. The molecule has 1 N–H and O–H groups in total. The molecule has 0 radical (unpaired) electrons. The van der Waals surface area contributed by atoms with E-state index < -0.39 is 0 Å². The fourth-order valence-corrected chi connectivity index (χ4v) is 5.58. The van der Waals surface area contributed by atoms with Gasteiger partial charge in [0.05, 0.1) is 11.8 Å². The van der Waals surface area contributed by atoms with Crippen LogP contribution in [-0.4, -0.2) is 32.4 Å². The molecule has 3 unspecified atom stereocenters. The molecule has 2 aliphatic rings. The van der Waals surface area contributed by atoms with Crippen molar-refractivity contribution < 1.29 is 4.52 Å². The van der Waals surface area contributed by atoms with Crippen LogP contribution in [0, 0.1) is 0 Å². The maximum Gasteiger partial charge on any atom is 0.240 e. The summed E-state index contributed by atoms with van der Waals surface area (Å²) in [6.07, 6.45) is 5.26. The molecule has 1 aromatic heterocycles. The van der Waals surface area contributed by atoms with E-state index >= 15 is 0 Å². The molecular formula is C14H23N3OS2. The molecule has 1 aromatic rings. The SMILES string of the molecule is CC1SCC(c2noc(CNC3CCCC3)n2)SC1C. The average Bonchev–Trinajstić information content (AvgIpc) is 3.10. The summed E-state index contributed by atoms with van der Waals surface area (Å²) in [7, 11) is 0. The molecule has 2 fully saturated rings. The Morgan fingerprint density at radius 3 is 2.80 bits per heavy atom. The molecule has 1 saturated carbocycles. The van der Waals surface area contributed by atoms with Gasteiger partial charge in [0.25, 0.3) is 0 Å². The fraction of sp³-hybridized carbons (Fsp3) is 0.857. The monoisotopic (exact) mass is 313 g/mol. The normalized spacial score (nSPS) is 31.8. The molecule has 0 aromatic carbocycles. The summed E-state index contributed by atoms with van der Waals surface area (Å²) < 4.78 is 5.39. The Bertz CT molecular complexity index is 434. The van der Waals surface area contributed by atoms with Crippen LogP contribution in [0.2, 0.25) is 0 Å². The second kappa shape index (κ2) is 6.71. The van der Waals surface area contributed by atoms with Crippen molar-refractivity contribution in [2.24, 2.45) is 0 Å². The van der Waals surface area contributed by atoms with Crippen molar-refractivity contribution in [3.8, 4) is 0 Å². The van der Waals surface area contributed by atoms with Gasteiger partial charge in [-0.25, -0.2) is 0 Å². The first-order chi connectivity index (χ1) is 9.72. The largest absolute Gasteiger partial charge is 0.338 e. The first kappa shape index (κ1) is 14.7. The summed E-state index contributed by atoms with van der Waals surface area (Å²) in [5, 5.41) is 9.46. The summed E-state index contributed by atoms with van der Waals surface area (Å²) in [6, 6.07) is 0.644. The minimum Gasteiger partial charge on any atom is -0.338 e. The lowest BCUT2D eigenvalue weighted by molar-refractivity contribution is 0.353. The number of hydrogen-bond acceptors (Lipinski definition) is 6. The van der Waals surface area contributed by atoms with Gasteiger partial charge in [0.1, 0.15) is 0 Å². The number of aromatic nitrogens is 2. The van der Waals surface area contributed by atoms with Crippen molar-refractivity contribution in [2.75, 3.05) is 5.75 Å². The third-order valence-electron chi connectivity index (χ3n) is 4.22. The fourth-order valence-electron chi connectivity index (χ4n) is 2.75. The maximum atomic E-state index is 5.39. The smallest absolute Gasteiger partial charge is 0.240 e. The maximum absolute atomic E-state index is 5.39. The first-order valence-electron chi connectivity index (χ1n) is 7.55. The van der Waals surface area contributed by atoms with Crippen molar-refractivity contribution in [2.45, 2.75) is 67.9 Å². The van der Waals surface area contributed by atoms with E-state index in [0.717, 1.165) is 17.5 Å². The predicted molar refractivity (Wildman–Crippen MR) is 85.1 cm³/mol. The van der Waals surface area contributed by atoms with Crippen LogP contribution in [0.15, 0.2) is 4.52 Å². The number of nitrogens with zero attached hydrogens (tertiary/aromatic N) is 2. The molecule has 0 bridgehead atoms. The topological polar surface area (TPSA) is 51.0 Å². The summed E-state index contributed by atoms with van der Waals surface area (Å²) >= 11 is 3.99. The van der Waals surface area contributed by atoms with E-state index in [2.05, 4.69) is 29.3 Å². The molecular weight excluding hydrogens is 290 g/mol. The third kappa shape index (κ3) is 3.52. The second-order valence-electron chi connectivity index (χ2n) is 5.78. The highest BCUT2D eigenvalue weighted by atomic mass is 32.2. The molecule has 0 amide bonds. The minimum atomic E-state index is 0.384. The van der Waals surface area contributed by atoms with Gasteiger partial charge in [0.2, 0.25) is 5.89 Å². The Labute approximate surface area is 129 Å². The van der Waals surface area contributed by atoms with Gasteiger partial charge < -0.3 is 9.84 Å². The molecule has 3 rings (SSSR count). The number of thioether (sulfide) groups is 2. The van der Waals surface area contributed by atoms with Gasteiger partial charge in [0, 0.05) is 22.3 Å². The van der Waals surface area contributed by atoms with Gasteiger partial charge in [-0.1, -0.05) is 31.8 Å². The lowest BCUT2D eigenvalue weighted by Gasteiger charge is -2.29. The predicted octanol–water partition coefficient (Wildman–Crippen LogP) is 3.40. The van der Waals surface area contributed by atoms with Crippen LogP contribution in [0.4, 0.5) is 0 Å². The zero-order valence-electron chi connectivity index (χ0n) is 12.2. The molecule has 1 saturated heterocycles. The van der Waals surface area contributed by atoms with Gasteiger partial charge in [-0.15, -0.1) is 11.8 Å². The minimum absolute atomic E-state index is 0.384. The highest BCUT2D eigenvalue weighted by Crippen LogP contribution is 2.43. The molecule has 1 aliphatic carbocycles. The summed E-state index contributed by atoms with van der Waals surface area (Å²) in [5.74, 6) is 2.71. The van der Waals surface area contributed by atoms with Crippen molar-refractivity contribution in [3.05, 3.63) is 11.7 Å². The lowest BCUT2D eigenvalue weighted by Crippen LogP contribution is -2.25. The van der Waals surface area contributed by atoms with Gasteiger partial charge in [-0.3, -0.25) is 0 Å². The van der Waals surface area contributed by atoms with Crippen molar-refractivity contribution in [1.82, 2.24) is 15.5 Å². The number of hydrogen-bond donors (Lipinski definition) is 1. The highest BCUT2D eigenvalue weighted by Gasteiger charge is 2.29. The van der Waals surface area contributed by atoms with Gasteiger partial charge >= 0.3 is 0 Å². The van der Waals surface area contributed by atoms with E-state index in [9.17, 15) is 0 Å². The van der Waals surface area contributed by atoms with Crippen LogP contribution in [0.5, 0.6) is 0 Å². The van der Waals surface area contributed by atoms with E-state index in [0.29, 0.717) is 28.3 Å². The average molecular weight is 313 g/mol. The standard InChI is InChI=1S/C14H23N3OS2/c1-9-10(2)20-12(8-19-9)14-16-13(18-17-14)7-15-11-5-3-4-6-11/h9-12,15H,3-8H2,1-2H3. The quantitative estimate of drug-likeness (QED) is 0.919. The van der Waals surface area contributed by atoms with Crippen molar-refractivity contribution >= 4 is 23.5 Å². The van der Waals surface area contributed by atoms with E-state index in [1.54, 1.807) is 0 Å². The molecule has 20 heavy (non-hydrogen) atoms. The molecule has 0 spiro atoms. The van der Waals surface area contributed by atoms with Crippen molar-refractivity contribution in [1.29, 1.82) is 0 Å². The van der Waals surface area contributed by atoms with Gasteiger partial charge in [-0.2, -0.15) is 16.7 Å². The Balaban J connectivity index is 1.53. The molecule has 6 heteroatoms. The van der Waals surface area contributed by atoms with Crippen LogP contribution in [0.3, 0.4) is 0 Å². The van der Waals surface area contributed by atoms with Crippen LogP contribution < -0.4 is 5.32 Å². The van der Waals surface area contributed by atoms with E-state index in [4.69, 9.17) is 4.52 Å². The van der Waals surface area contributed by atoms with Crippen LogP contribution in [0.25, 0.3) is 0 Å². The highest BCUT2D eigenvalue weighted by molar-refractivity contribution is 8.07. The first-order valence-corrected chi connectivity index (χ1v) is 9.54. The van der Waals surface area contributed by atoms with Gasteiger partial charge in [-0.05, 0) is 12.8 Å². The third-order valence-corrected chi connectivity index (χ3v) is 7.61. The molecule has 3 atom stereocenters. The molecule has 4 nitrogen and oxygen atoms in total. The number of nitrogens with one attached hydrogen (secondary N) is 1. The molecule has 112 valence electrons. The molecule has 2 heterocycles. The second-order valence-corrected chi connectivity index (χ2v) is 8.77. The van der Waals surface area contributed by atoms with E-state index in [1.807, 2.05) is 23.5 Å². The van der Waals surface area contributed by atoms with Gasteiger partial charge in [0.15, 0.2) is 5.82 Å². The summed E-state index contributed by atoms with van der Waals surface area (Å²) in [6.45, 7) is 5.30. The van der Waals surface area contributed by atoms with Crippen LogP contribution >= 0.6 is 23.5 Å². The van der Waals surface area contributed by atoms with Crippen LogP contribution in [0.1, 0.15) is 56.5 Å². The Hall–Kier alpha value is -0.200.